The minimum absolute atomic E-state index is 0.0165. The minimum atomic E-state index is -0.462. The number of nitrogens with zero attached hydrogens (tertiary/aromatic N) is 1. The molecule has 0 spiro atoms. The van der Waals surface area contributed by atoms with Crippen LogP contribution in [0.4, 0.5) is 11.4 Å². The highest BCUT2D eigenvalue weighted by molar-refractivity contribution is 5.92. The summed E-state index contributed by atoms with van der Waals surface area (Å²) in [5.74, 6) is 0.709. The number of hydrogen-bond donors (Lipinski definition) is 1. The van der Waals surface area contributed by atoms with Gasteiger partial charge in [-0.3, -0.25) is 14.9 Å². The number of amides is 1. The van der Waals surface area contributed by atoms with E-state index in [-0.39, 0.29) is 18.0 Å². The molecule has 2 aromatic rings. The van der Waals surface area contributed by atoms with E-state index in [2.05, 4.69) is 5.32 Å². The lowest BCUT2D eigenvalue weighted by Gasteiger charge is -2.07. The molecule has 0 saturated heterocycles. The SMILES string of the molecule is O=C(Cc1ccc([N+](=O)[O-])cc1)Nc1ccc2c(c1)CCO2. The molecule has 112 valence electrons. The van der Waals surface area contributed by atoms with Crippen LogP contribution >= 0.6 is 0 Å². The number of ether oxygens (including phenoxy) is 1. The zero-order chi connectivity index (χ0) is 15.5. The third-order valence-electron chi connectivity index (χ3n) is 3.49. The normalized spacial score (nSPS) is 12.4. The van der Waals surface area contributed by atoms with Gasteiger partial charge >= 0.3 is 0 Å². The molecule has 0 fully saturated rings. The molecule has 1 heterocycles. The van der Waals surface area contributed by atoms with Gasteiger partial charge in [-0.1, -0.05) is 12.1 Å². The average molecular weight is 298 g/mol. The Labute approximate surface area is 126 Å². The summed E-state index contributed by atoms with van der Waals surface area (Å²) in [7, 11) is 0. The molecule has 3 rings (SSSR count). The summed E-state index contributed by atoms with van der Waals surface area (Å²) in [5, 5.41) is 13.4. The summed E-state index contributed by atoms with van der Waals surface area (Å²) in [6.45, 7) is 0.676. The standard InChI is InChI=1S/C16H14N2O4/c19-16(9-11-1-4-14(5-2-11)18(20)21)17-13-3-6-15-12(10-13)7-8-22-15/h1-6,10H,7-9H2,(H,17,19). The van der Waals surface area contributed by atoms with E-state index >= 15 is 0 Å². The molecule has 6 nitrogen and oxygen atoms in total. The van der Waals surface area contributed by atoms with E-state index < -0.39 is 4.92 Å². The number of rotatable bonds is 4. The zero-order valence-electron chi connectivity index (χ0n) is 11.7. The van der Waals surface area contributed by atoms with Crippen molar-refractivity contribution >= 4 is 17.3 Å². The third kappa shape index (κ3) is 3.06. The molecule has 1 amide bonds. The van der Waals surface area contributed by atoms with Crippen LogP contribution in [0.5, 0.6) is 5.75 Å². The van der Waals surface area contributed by atoms with Crippen LogP contribution in [-0.4, -0.2) is 17.4 Å². The number of nitrogens with one attached hydrogen (secondary N) is 1. The molecular formula is C16H14N2O4. The number of hydrogen-bond acceptors (Lipinski definition) is 4. The molecule has 0 aliphatic carbocycles. The first-order valence-electron chi connectivity index (χ1n) is 6.91. The van der Waals surface area contributed by atoms with E-state index in [9.17, 15) is 14.9 Å². The van der Waals surface area contributed by atoms with Crippen LogP contribution < -0.4 is 10.1 Å². The average Bonchev–Trinajstić information content (AvgIpc) is 2.95. The first kappa shape index (κ1) is 14.1. The van der Waals surface area contributed by atoms with Crippen molar-refractivity contribution in [3.63, 3.8) is 0 Å². The second-order valence-electron chi connectivity index (χ2n) is 5.07. The largest absolute Gasteiger partial charge is 0.493 e. The number of anilines is 1. The Morgan fingerprint density at radius 3 is 2.73 bits per heavy atom. The predicted molar refractivity (Wildman–Crippen MR) is 81.1 cm³/mol. The number of fused-ring (bicyclic) bond motifs is 1. The van der Waals surface area contributed by atoms with Gasteiger partial charge in [-0.25, -0.2) is 0 Å². The van der Waals surface area contributed by atoms with Crippen molar-refractivity contribution in [3.05, 3.63) is 63.7 Å². The smallest absolute Gasteiger partial charge is 0.269 e. The Balaban J connectivity index is 1.63. The Kier molecular flexibility index (Phi) is 3.74. The quantitative estimate of drug-likeness (QED) is 0.695. The van der Waals surface area contributed by atoms with E-state index in [1.807, 2.05) is 12.1 Å². The van der Waals surface area contributed by atoms with E-state index in [0.717, 1.165) is 29.0 Å². The Morgan fingerprint density at radius 1 is 1.23 bits per heavy atom. The fourth-order valence-electron chi connectivity index (χ4n) is 2.39. The molecule has 1 N–H and O–H groups in total. The Hall–Kier alpha value is -2.89. The monoisotopic (exact) mass is 298 g/mol. The molecule has 0 radical (unpaired) electrons. The van der Waals surface area contributed by atoms with Crippen LogP contribution in [0, 0.1) is 10.1 Å². The fourth-order valence-corrected chi connectivity index (χ4v) is 2.39. The fraction of sp³-hybridized carbons (Fsp3) is 0.188. The topological polar surface area (TPSA) is 81.5 Å². The molecule has 2 aromatic carbocycles. The van der Waals surface area contributed by atoms with Crippen molar-refractivity contribution in [2.75, 3.05) is 11.9 Å². The van der Waals surface area contributed by atoms with Gasteiger partial charge < -0.3 is 10.1 Å². The van der Waals surface area contributed by atoms with Crippen molar-refractivity contribution in [3.8, 4) is 5.75 Å². The summed E-state index contributed by atoms with van der Waals surface area (Å²) in [4.78, 5) is 22.1. The van der Waals surface area contributed by atoms with Crippen LogP contribution in [0.1, 0.15) is 11.1 Å². The van der Waals surface area contributed by atoms with Gasteiger partial charge in [0, 0.05) is 24.2 Å². The molecule has 0 unspecified atom stereocenters. The van der Waals surface area contributed by atoms with Crippen LogP contribution in [-0.2, 0) is 17.6 Å². The highest BCUT2D eigenvalue weighted by Gasteiger charge is 2.13. The van der Waals surface area contributed by atoms with Gasteiger partial charge in [-0.15, -0.1) is 0 Å². The van der Waals surface area contributed by atoms with Crippen LogP contribution in [0.25, 0.3) is 0 Å². The van der Waals surface area contributed by atoms with Gasteiger partial charge in [-0.05, 0) is 29.3 Å². The maximum atomic E-state index is 12.0. The second kappa shape index (κ2) is 5.85. The Morgan fingerprint density at radius 2 is 2.00 bits per heavy atom. The first-order valence-corrected chi connectivity index (χ1v) is 6.91. The molecule has 0 saturated carbocycles. The minimum Gasteiger partial charge on any atom is -0.493 e. The number of nitro groups is 1. The molecule has 0 bridgehead atoms. The summed E-state index contributed by atoms with van der Waals surface area (Å²) < 4.78 is 5.42. The molecule has 6 heteroatoms. The van der Waals surface area contributed by atoms with Gasteiger partial charge in [0.15, 0.2) is 0 Å². The summed E-state index contributed by atoms with van der Waals surface area (Å²) in [6, 6.07) is 11.5. The molecule has 1 aliphatic rings. The number of nitro benzene ring substituents is 1. The van der Waals surface area contributed by atoms with Crippen molar-refractivity contribution in [2.24, 2.45) is 0 Å². The third-order valence-corrected chi connectivity index (χ3v) is 3.49. The van der Waals surface area contributed by atoms with Gasteiger partial charge in [0.1, 0.15) is 5.75 Å². The number of carbonyl (C=O) groups is 1. The maximum Gasteiger partial charge on any atom is 0.269 e. The molecule has 1 aliphatic heterocycles. The van der Waals surface area contributed by atoms with Gasteiger partial charge in [0.05, 0.1) is 18.0 Å². The van der Waals surface area contributed by atoms with Gasteiger partial charge in [0.25, 0.3) is 5.69 Å². The van der Waals surface area contributed by atoms with Crippen molar-refractivity contribution in [1.82, 2.24) is 0 Å². The number of benzene rings is 2. The lowest BCUT2D eigenvalue weighted by molar-refractivity contribution is -0.384. The Bertz CT molecular complexity index is 725. The van der Waals surface area contributed by atoms with E-state index in [1.54, 1.807) is 18.2 Å². The van der Waals surface area contributed by atoms with Crippen LogP contribution in [0.15, 0.2) is 42.5 Å². The lowest BCUT2D eigenvalue weighted by atomic mass is 10.1. The molecular weight excluding hydrogens is 284 g/mol. The van der Waals surface area contributed by atoms with E-state index in [0.29, 0.717) is 6.61 Å². The molecule has 22 heavy (non-hydrogen) atoms. The highest BCUT2D eigenvalue weighted by Crippen LogP contribution is 2.27. The number of non-ortho nitro benzene ring substituents is 1. The van der Waals surface area contributed by atoms with Crippen LogP contribution in [0.3, 0.4) is 0 Å². The molecule has 0 atom stereocenters. The van der Waals surface area contributed by atoms with Crippen LogP contribution in [0.2, 0.25) is 0 Å². The molecule has 0 aromatic heterocycles. The summed E-state index contributed by atoms with van der Waals surface area (Å²) >= 11 is 0. The predicted octanol–water partition coefficient (Wildman–Crippen LogP) is 2.71. The lowest BCUT2D eigenvalue weighted by Crippen LogP contribution is -2.14. The van der Waals surface area contributed by atoms with Crippen molar-refractivity contribution in [2.45, 2.75) is 12.8 Å². The van der Waals surface area contributed by atoms with Gasteiger partial charge in [-0.2, -0.15) is 0 Å². The van der Waals surface area contributed by atoms with E-state index in [4.69, 9.17) is 4.74 Å². The summed E-state index contributed by atoms with van der Waals surface area (Å²) in [6.07, 6.45) is 1.02. The summed E-state index contributed by atoms with van der Waals surface area (Å²) in [5.41, 5.74) is 2.57. The van der Waals surface area contributed by atoms with Crippen molar-refractivity contribution < 1.29 is 14.5 Å². The first-order chi connectivity index (χ1) is 10.6. The van der Waals surface area contributed by atoms with Crippen molar-refractivity contribution in [1.29, 1.82) is 0 Å². The number of carbonyl (C=O) groups excluding carboxylic acids is 1. The van der Waals surface area contributed by atoms with E-state index in [1.165, 1.54) is 12.1 Å². The maximum absolute atomic E-state index is 12.0. The zero-order valence-corrected chi connectivity index (χ0v) is 11.7. The van der Waals surface area contributed by atoms with Gasteiger partial charge in [0.2, 0.25) is 5.91 Å². The highest BCUT2D eigenvalue weighted by atomic mass is 16.6. The second-order valence-corrected chi connectivity index (χ2v) is 5.07.